The Kier molecular flexibility index (Phi) is 5.12. The van der Waals surface area contributed by atoms with Gasteiger partial charge in [-0.05, 0) is 46.2 Å². The molecule has 66 valence electrons. The monoisotopic (exact) mass is 157 g/mol. The lowest BCUT2D eigenvalue weighted by atomic mass is 10.1. The SMILES string of the molecule is CC(C)(C)N=CCCCCO. The van der Waals surface area contributed by atoms with E-state index in [9.17, 15) is 0 Å². The van der Waals surface area contributed by atoms with Crippen LogP contribution in [0.1, 0.15) is 40.0 Å². The van der Waals surface area contributed by atoms with Gasteiger partial charge in [0.05, 0.1) is 5.54 Å². The van der Waals surface area contributed by atoms with Gasteiger partial charge in [-0.15, -0.1) is 0 Å². The Balaban J connectivity index is 3.30. The molecule has 0 aromatic rings. The minimum absolute atomic E-state index is 0.0548. The predicted molar refractivity (Wildman–Crippen MR) is 49.2 cm³/mol. The summed E-state index contributed by atoms with van der Waals surface area (Å²) in [5.41, 5.74) is 0.0548. The molecule has 0 saturated heterocycles. The van der Waals surface area contributed by atoms with Crippen LogP contribution in [0.25, 0.3) is 0 Å². The summed E-state index contributed by atoms with van der Waals surface area (Å²) in [5.74, 6) is 0. The summed E-state index contributed by atoms with van der Waals surface area (Å²) in [4.78, 5) is 4.32. The van der Waals surface area contributed by atoms with E-state index in [4.69, 9.17) is 5.11 Å². The molecular formula is C9H19NO. The fourth-order valence-corrected chi connectivity index (χ4v) is 0.686. The van der Waals surface area contributed by atoms with Crippen molar-refractivity contribution in [2.24, 2.45) is 4.99 Å². The van der Waals surface area contributed by atoms with Gasteiger partial charge in [0.15, 0.2) is 0 Å². The average Bonchev–Trinajstić information content (AvgIpc) is 1.85. The highest BCUT2D eigenvalue weighted by Crippen LogP contribution is 2.05. The molecule has 0 aromatic carbocycles. The number of hydrogen-bond donors (Lipinski definition) is 1. The second kappa shape index (κ2) is 5.30. The lowest BCUT2D eigenvalue weighted by Gasteiger charge is -2.10. The molecule has 0 aliphatic heterocycles. The maximum atomic E-state index is 8.48. The molecule has 0 atom stereocenters. The summed E-state index contributed by atoms with van der Waals surface area (Å²) in [7, 11) is 0. The number of aliphatic imine (C=N–C) groups is 1. The summed E-state index contributed by atoms with van der Waals surface area (Å²) in [6.45, 7) is 6.53. The lowest BCUT2D eigenvalue weighted by molar-refractivity contribution is 0.285. The molecule has 0 aromatic heterocycles. The number of aliphatic hydroxyl groups excluding tert-OH is 1. The lowest BCUT2D eigenvalue weighted by Crippen LogP contribution is -2.09. The molecule has 2 heteroatoms. The van der Waals surface area contributed by atoms with Gasteiger partial charge >= 0.3 is 0 Å². The van der Waals surface area contributed by atoms with Crippen molar-refractivity contribution >= 4 is 6.21 Å². The minimum atomic E-state index is 0.0548. The molecule has 0 spiro atoms. The molecule has 0 aliphatic rings. The van der Waals surface area contributed by atoms with Gasteiger partial charge in [0, 0.05) is 6.61 Å². The van der Waals surface area contributed by atoms with Crippen LogP contribution in [0.4, 0.5) is 0 Å². The highest BCUT2D eigenvalue weighted by atomic mass is 16.2. The molecule has 1 N–H and O–H groups in total. The van der Waals surface area contributed by atoms with Crippen LogP contribution in [0.5, 0.6) is 0 Å². The van der Waals surface area contributed by atoms with Crippen molar-refractivity contribution in [1.82, 2.24) is 0 Å². The third-order valence-electron chi connectivity index (χ3n) is 1.22. The van der Waals surface area contributed by atoms with Crippen molar-refractivity contribution in [3.63, 3.8) is 0 Å². The molecule has 0 heterocycles. The van der Waals surface area contributed by atoms with Gasteiger partial charge < -0.3 is 5.11 Å². The van der Waals surface area contributed by atoms with Gasteiger partial charge in [-0.2, -0.15) is 0 Å². The molecule has 0 unspecified atom stereocenters. The highest BCUT2D eigenvalue weighted by Gasteiger charge is 2.03. The van der Waals surface area contributed by atoms with E-state index in [0.717, 1.165) is 19.3 Å². The second-order valence-corrected chi connectivity index (χ2v) is 3.70. The van der Waals surface area contributed by atoms with Gasteiger partial charge in [-0.25, -0.2) is 0 Å². The normalized spacial score (nSPS) is 12.7. The van der Waals surface area contributed by atoms with Crippen LogP contribution in [0.3, 0.4) is 0 Å². The van der Waals surface area contributed by atoms with Crippen molar-refractivity contribution in [2.75, 3.05) is 6.61 Å². The predicted octanol–water partition coefficient (Wildman–Crippen LogP) is 2.02. The van der Waals surface area contributed by atoms with E-state index in [0.29, 0.717) is 6.61 Å². The van der Waals surface area contributed by atoms with Crippen LogP contribution >= 0.6 is 0 Å². The Hall–Kier alpha value is -0.370. The van der Waals surface area contributed by atoms with Crippen molar-refractivity contribution in [2.45, 2.75) is 45.6 Å². The number of aliphatic hydroxyl groups is 1. The van der Waals surface area contributed by atoms with Gasteiger partial charge in [0.1, 0.15) is 0 Å². The maximum absolute atomic E-state index is 8.48. The number of rotatable bonds is 4. The first kappa shape index (κ1) is 10.6. The van der Waals surface area contributed by atoms with Crippen LogP contribution in [-0.2, 0) is 0 Å². The van der Waals surface area contributed by atoms with Gasteiger partial charge in [0.25, 0.3) is 0 Å². The summed E-state index contributed by atoms with van der Waals surface area (Å²) in [5, 5.41) is 8.48. The molecule has 0 amide bonds. The van der Waals surface area contributed by atoms with E-state index in [2.05, 4.69) is 25.8 Å². The van der Waals surface area contributed by atoms with E-state index in [1.54, 1.807) is 0 Å². The van der Waals surface area contributed by atoms with Crippen LogP contribution in [-0.4, -0.2) is 23.5 Å². The molecule has 0 saturated carbocycles. The first-order valence-corrected chi connectivity index (χ1v) is 4.21. The largest absolute Gasteiger partial charge is 0.396 e. The Labute approximate surface area is 69.3 Å². The number of unbranched alkanes of at least 4 members (excludes halogenated alkanes) is 2. The molecular weight excluding hydrogens is 138 g/mol. The fraction of sp³-hybridized carbons (Fsp3) is 0.889. The van der Waals surface area contributed by atoms with Crippen LogP contribution in [0.15, 0.2) is 4.99 Å². The Bertz CT molecular complexity index is 113. The molecule has 0 aliphatic carbocycles. The molecule has 0 bridgehead atoms. The summed E-state index contributed by atoms with van der Waals surface area (Å²) >= 11 is 0. The molecule has 11 heavy (non-hydrogen) atoms. The zero-order chi connectivity index (χ0) is 8.74. The first-order valence-electron chi connectivity index (χ1n) is 4.21. The highest BCUT2D eigenvalue weighted by molar-refractivity contribution is 5.57. The number of nitrogens with zero attached hydrogens (tertiary/aromatic N) is 1. The smallest absolute Gasteiger partial charge is 0.0520 e. The minimum Gasteiger partial charge on any atom is -0.396 e. The molecule has 2 nitrogen and oxygen atoms in total. The van der Waals surface area contributed by atoms with E-state index in [-0.39, 0.29) is 5.54 Å². The third kappa shape index (κ3) is 9.63. The summed E-state index contributed by atoms with van der Waals surface area (Å²) < 4.78 is 0. The van der Waals surface area contributed by atoms with E-state index in [1.165, 1.54) is 0 Å². The van der Waals surface area contributed by atoms with Crippen LogP contribution in [0, 0.1) is 0 Å². The maximum Gasteiger partial charge on any atom is 0.0520 e. The third-order valence-corrected chi connectivity index (χ3v) is 1.22. The average molecular weight is 157 g/mol. The standard InChI is InChI=1S/C9H19NO/c1-9(2,3)10-7-5-4-6-8-11/h7,11H,4-6,8H2,1-3H3. The van der Waals surface area contributed by atoms with Crippen molar-refractivity contribution < 1.29 is 5.11 Å². The topological polar surface area (TPSA) is 32.6 Å². The summed E-state index contributed by atoms with van der Waals surface area (Å²) in [6, 6.07) is 0. The molecule has 0 fully saturated rings. The Morgan fingerprint density at radius 2 is 1.91 bits per heavy atom. The molecule has 0 radical (unpaired) electrons. The first-order chi connectivity index (χ1) is 5.06. The van der Waals surface area contributed by atoms with E-state index < -0.39 is 0 Å². The fourth-order valence-electron chi connectivity index (χ4n) is 0.686. The van der Waals surface area contributed by atoms with Gasteiger partial charge in [-0.1, -0.05) is 0 Å². The number of hydrogen-bond acceptors (Lipinski definition) is 2. The van der Waals surface area contributed by atoms with Gasteiger partial charge in [0.2, 0.25) is 0 Å². The van der Waals surface area contributed by atoms with Gasteiger partial charge in [-0.3, -0.25) is 4.99 Å². The van der Waals surface area contributed by atoms with Crippen LogP contribution < -0.4 is 0 Å². The van der Waals surface area contributed by atoms with Crippen molar-refractivity contribution in [3.05, 3.63) is 0 Å². The quantitative estimate of drug-likeness (QED) is 0.491. The Morgan fingerprint density at radius 3 is 2.36 bits per heavy atom. The van der Waals surface area contributed by atoms with E-state index >= 15 is 0 Å². The van der Waals surface area contributed by atoms with Crippen molar-refractivity contribution in [1.29, 1.82) is 0 Å². The summed E-state index contributed by atoms with van der Waals surface area (Å²) in [6.07, 6.45) is 4.86. The Morgan fingerprint density at radius 1 is 1.27 bits per heavy atom. The zero-order valence-electron chi connectivity index (χ0n) is 7.80. The van der Waals surface area contributed by atoms with E-state index in [1.807, 2.05) is 6.21 Å². The van der Waals surface area contributed by atoms with Crippen LogP contribution in [0.2, 0.25) is 0 Å². The zero-order valence-corrected chi connectivity index (χ0v) is 7.80. The molecule has 0 rings (SSSR count). The van der Waals surface area contributed by atoms with Crippen molar-refractivity contribution in [3.8, 4) is 0 Å². The second-order valence-electron chi connectivity index (χ2n) is 3.70.